The molecule has 1 aromatic carbocycles. The number of hydrogen-bond donors (Lipinski definition) is 2. The molecule has 0 saturated heterocycles. The zero-order chi connectivity index (χ0) is 14.3. The number of allylic oxidation sites excluding steroid dienone is 1. The molecule has 6 heteroatoms. The van der Waals surface area contributed by atoms with Gasteiger partial charge in [-0.3, -0.25) is 4.72 Å². The minimum Gasteiger partial charge on any atom is -0.382 e. The SMILES string of the molecule is CC(C)(C)/C=C/c1cccc2c1C(N)=NS(=O)(=O)N2. The lowest BCUT2D eigenvalue weighted by Crippen LogP contribution is -2.27. The maximum absolute atomic E-state index is 11.5. The molecule has 102 valence electrons. The Bertz CT molecular complexity index is 668. The molecular formula is C13H17N3O2S. The summed E-state index contributed by atoms with van der Waals surface area (Å²) in [6.07, 6.45) is 3.97. The molecule has 0 radical (unpaired) electrons. The molecule has 0 bridgehead atoms. The van der Waals surface area contributed by atoms with Crippen molar-refractivity contribution in [1.29, 1.82) is 0 Å². The number of nitrogens with one attached hydrogen (secondary N) is 1. The van der Waals surface area contributed by atoms with Gasteiger partial charge in [0, 0.05) is 5.56 Å². The molecule has 0 amide bonds. The van der Waals surface area contributed by atoms with Gasteiger partial charge in [-0.1, -0.05) is 45.1 Å². The first-order chi connectivity index (χ1) is 8.68. The maximum Gasteiger partial charge on any atom is 0.344 e. The Kier molecular flexibility index (Phi) is 3.14. The Morgan fingerprint density at radius 2 is 2.00 bits per heavy atom. The van der Waals surface area contributed by atoms with E-state index in [1.54, 1.807) is 12.1 Å². The summed E-state index contributed by atoms with van der Waals surface area (Å²) in [5.41, 5.74) is 7.72. The van der Waals surface area contributed by atoms with Gasteiger partial charge in [0.25, 0.3) is 0 Å². The normalized spacial score (nSPS) is 17.7. The van der Waals surface area contributed by atoms with Gasteiger partial charge >= 0.3 is 10.2 Å². The van der Waals surface area contributed by atoms with E-state index in [0.29, 0.717) is 11.3 Å². The highest BCUT2D eigenvalue weighted by Gasteiger charge is 2.22. The number of hydrogen-bond acceptors (Lipinski definition) is 3. The summed E-state index contributed by atoms with van der Waals surface area (Å²) in [7, 11) is -3.72. The van der Waals surface area contributed by atoms with Crippen molar-refractivity contribution in [1.82, 2.24) is 0 Å². The van der Waals surface area contributed by atoms with E-state index in [-0.39, 0.29) is 11.3 Å². The number of rotatable bonds is 1. The van der Waals surface area contributed by atoms with E-state index in [1.165, 1.54) is 0 Å². The molecule has 2 rings (SSSR count). The van der Waals surface area contributed by atoms with Gasteiger partial charge in [-0.2, -0.15) is 8.42 Å². The quantitative estimate of drug-likeness (QED) is 0.825. The summed E-state index contributed by atoms with van der Waals surface area (Å²) in [6.45, 7) is 6.25. The number of fused-ring (bicyclic) bond motifs is 1. The molecule has 3 N–H and O–H groups in total. The first-order valence-electron chi connectivity index (χ1n) is 5.89. The third kappa shape index (κ3) is 3.14. The fourth-order valence-corrected chi connectivity index (χ4v) is 2.60. The Labute approximate surface area is 113 Å². The largest absolute Gasteiger partial charge is 0.382 e. The van der Waals surface area contributed by atoms with Crippen LogP contribution < -0.4 is 10.5 Å². The second kappa shape index (κ2) is 4.38. The van der Waals surface area contributed by atoms with Crippen molar-refractivity contribution >= 4 is 27.8 Å². The van der Waals surface area contributed by atoms with Crippen LogP contribution in [0.25, 0.3) is 6.08 Å². The van der Waals surface area contributed by atoms with E-state index in [9.17, 15) is 8.42 Å². The van der Waals surface area contributed by atoms with E-state index in [2.05, 4.69) is 29.9 Å². The van der Waals surface area contributed by atoms with E-state index < -0.39 is 10.2 Å². The molecule has 0 unspecified atom stereocenters. The molecule has 0 atom stereocenters. The van der Waals surface area contributed by atoms with Crippen LogP contribution in [0.15, 0.2) is 28.7 Å². The number of benzene rings is 1. The minimum absolute atomic E-state index is 0.0166. The molecule has 0 aromatic heterocycles. The lowest BCUT2D eigenvalue weighted by Gasteiger charge is -2.18. The van der Waals surface area contributed by atoms with Gasteiger partial charge in [-0.15, -0.1) is 4.40 Å². The van der Waals surface area contributed by atoms with E-state index >= 15 is 0 Å². The maximum atomic E-state index is 11.5. The number of nitrogens with zero attached hydrogens (tertiary/aromatic N) is 1. The molecule has 1 aliphatic heterocycles. The Hall–Kier alpha value is -1.82. The van der Waals surface area contributed by atoms with Gasteiger partial charge in [-0.25, -0.2) is 0 Å². The Morgan fingerprint density at radius 1 is 1.32 bits per heavy atom. The minimum atomic E-state index is -3.72. The first-order valence-corrected chi connectivity index (χ1v) is 7.33. The first kappa shape index (κ1) is 13.6. The Morgan fingerprint density at radius 3 is 2.63 bits per heavy atom. The highest BCUT2D eigenvalue weighted by atomic mass is 32.2. The summed E-state index contributed by atoms with van der Waals surface area (Å²) in [5, 5.41) is 0. The van der Waals surface area contributed by atoms with Crippen LogP contribution in [0.4, 0.5) is 5.69 Å². The van der Waals surface area contributed by atoms with Gasteiger partial charge in [0.15, 0.2) is 0 Å². The van der Waals surface area contributed by atoms with Crippen LogP contribution in [0, 0.1) is 5.41 Å². The average molecular weight is 279 g/mol. The van der Waals surface area contributed by atoms with Crippen molar-refractivity contribution in [2.24, 2.45) is 15.5 Å². The van der Waals surface area contributed by atoms with E-state index in [0.717, 1.165) is 5.56 Å². The predicted octanol–water partition coefficient (Wildman–Crippen LogP) is 2.12. The van der Waals surface area contributed by atoms with Gasteiger partial charge in [0.1, 0.15) is 5.84 Å². The fourth-order valence-electron chi connectivity index (χ4n) is 1.76. The molecule has 1 aliphatic rings. The lowest BCUT2D eigenvalue weighted by atomic mass is 9.94. The van der Waals surface area contributed by atoms with Gasteiger partial charge in [-0.05, 0) is 17.0 Å². The number of nitrogens with two attached hydrogens (primary N) is 1. The molecule has 1 aromatic rings. The highest BCUT2D eigenvalue weighted by molar-refractivity contribution is 7.91. The summed E-state index contributed by atoms with van der Waals surface area (Å²) >= 11 is 0. The zero-order valence-corrected chi connectivity index (χ0v) is 12.0. The smallest absolute Gasteiger partial charge is 0.344 e. The molecule has 1 heterocycles. The van der Waals surface area contributed by atoms with Crippen molar-refractivity contribution < 1.29 is 8.42 Å². The van der Waals surface area contributed by atoms with Gasteiger partial charge < -0.3 is 5.73 Å². The average Bonchev–Trinajstić information content (AvgIpc) is 2.22. The Balaban J connectivity index is 2.54. The summed E-state index contributed by atoms with van der Waals surface area (Å²) in [4.78, 5) is 0. The standard InChI is InChI=1S/C13H17N3O2S/c1-13(2,3)8-7-9-5-4-6-10-11(9)12(14)16-19(17,18)15-10/h4-8,15H,1-3H3,(H2,14,16)/b8-7+. The van der Waals surface area contributed by atoms with Crippen molar-refractivity contribution in [3.8, 4) is 0 Å². The van der Waals surface area contributed by atoms with Crippen molar-refractivity contribution in [3.05, 3.63) is 35.4 Å². The third-order valence-corrected chi connectivity index (χ3v) is 3.49. The van der Waals surface area contributed by atoms with E-state index in [4.69, 9.17) is 5.73 Å². The molecule has 5 nitrogen and oxygen atoms in total. The van der Waals surface area contributed by atoms with Crippen LogP contribution in [0.1, 0.15) is 31.9 Å². The molecular weight excluding hydrogens is 262 g/mol. The number of anilines is 1. The second-order valence-corrected chi connectivity index (χ2v) is 6.86. The summed E-state index contributed by atoms with van der Waals surface area (Å²) in [5.74, 6) is 0.0166. The predicted molar refractivity (Wildman–Crippen MR) is 78.2 cm³/mol. The summed E-state index contributed by atoms with van der Waals surface area (Å²) < 4.78 is 28.8. The lowest BCUT2D eigenvalue weighted by molar-refractivity contribution is 0.547. The molecule has 0 aliphatic carbocycles. The van der Waals surface area contributed by atoms with Gasteiger partial charge in [0.2, 0.25) is 0 Å². The van der Waals surface area contributed by atoms with Crippen molar-refractivity contribution in [2.45, 2.75) is 20.8 Å². The monoisotopic (exact) mass is 279 g/mol. The highest BCUT2D eigenvalue weighted by Crippen LogP contribution is 2.27. The van der Waals surface area contributed by atoms with Crippen LogP contribution >= 0.6 is 0 Å². The van der Waals surface area contributed by atoms with Crippen molar-refractivity contribution in [3.63, 3.8) is 0 Å². The fraction of sp³-hybridized carbons (Fsp3) is 0.308. The van der Waals surface area contributed by atoms with Crippen LogP contribution in [0.3, 0.4) is 0 Å². The van der Waals surface area contributed by atoms with Crippen LogP contribution in [-0.2, 0) is 10.2 Å². The molecule has 0 saturated carbocycles. The van der Waals surface area contributed by atoms with Crippen LogP contribution in [-0.4, -0.2) is 14.3 Å². The third-order valence-electron chi connectivity index (χ3n) is 2.57. The zero-order valence-electron chi connectivity index (χ0n) is 11.1. The van der Waals surface area contributed by atoms with Crippen molar-refractivity contribution in [2.75, 3.05) is 4.72 Å². The molecule has 0 fully saturated rings. The molecule has 0 spiro atoms. The van der Waals surface area contributed by atoms with Crippen LogP contribution in [0.2, 0.25) is 0 Å². The molecule has 19 heavy (non-hydrogen) atoms. The van der Waals surface area contributed by atoms with E-state index in [1.807, 2.05) is 18.2 Å². The second-order valence-electron chi connectivity index (χ2n) is 5.52. The number of amidine groups is 1. The van der Waals surface area contributed by atoms with Crippen LogP contribution in [0.5, 0.6) is 0 Å². The topological polar surface area (TPSA) is 84.5 Å². The van der Waals surface area contributed by atoms with Gasteiger partial charge in [0.05, 0.1) is 5.69 Å². The summed E-state index contributed by atoms with van der Waals surface area (Å²) in [6, 6.07) is 5.33.